The van der Waals surface area contributed by atoms with E-state index in [1.807, 2.05) is 0 Å². The zero-order valence-electron chi connectivity index (χ0n) is 12.4. The van der Waals surface area contributed by atoms with E-state index in [2.05, 4.69) is 61.4 Å². The van der Waals surface area contributed by atoms with Crippen LogP contribution in [0.1, 0.15) is 42.8 Å². The standard InChI is InChI=1S/C15H21N3OS/c1-5-16-9-14-17-18-15(20-14)19-13-8-11(4)6-7-12(13)10(2)3/h6-8,10,16H,5,9H2,1-4H3. The van der Waals surface area contributed by atoms with Gasteiger partial charge in [-0.15, -0.1) is 5.10 Å². The van der Waals surface area contributed by atoms with Crippen molar-refractivity contribution in [3.05, 3.63) is 34.3 Å². The Morgan fingerprint density at radius 3 is 2.80 bits per heavy atom. The minimum Gasteiger partial charge on any atom is -0.429 e. The van der Waals surface area contributed by atoms with Crippen LogP contribution in [0, 0.1) is 6.92 Å². The zero-order chi connectivity index (χ0) is 14.5. The van der Waals surface area contributed by atoms with Crippen LogP contribution in [0.25, 0.3) is 0 Å². The van der Waals surface area contributed by atoms with Crippen LogP contribution in [-0.2, 0) is 6.54 Å². The van der Waals surface area contributed by atoms with Crippen molar-refractivity contribution in [1.29, 1.82) is 0 Å². The quantitative estimate of drug-likeness (QED) is 0.877. The largest absolute Gasteiger partial charge is 0.429 e. The number of rotatable bonds is 6. The lowest BCUT2D eigenvalue weighted by Gasteiger charge is -2.12. The van der Waals surface area contributed by atoms with Crippen molar-refractivity contribution in [2.75, 3.05) is 6.54 Å². The molecule has 1 aromatic heterocycles. The van der Waals surface area contributed by atoms with E-state index in [-0.39, 0.29) is 0 Å². The fourth-order valence-corrected chi connectivity index (χ4v) is 2.55. The van der Waals surface area contributed by atoms with Crippen LogP contribution in [-0.4, -0.2) is 16.7 Å². The van der Waals surface area contributed by atoms with Gasteiger partial charge in [0.2, 0.25) is 0 Å². The van der Waals surface area contributed by atoms with Crippen LogP contribution in [0.2, 0.25) is 0 Å². The number of ether oxygens (including phenoxy) is 1. The normalized spacial score (nSPS) is 11.1. The van der Waals surface area contributed by atoms with E-state index in [1.54, 1.807) is 0 Å². The molecule has 0 spiro atoms. The maximum atomic E-state index is 5.93. The minimum atomic E-state index is 0.416. The fourth-order valence-electron chi connectivity index (χ4n) is 1.88. The Morgan fingerprint density at radius 2 is 2.10 bits per heavy atom. The Kier molecular flexibility index (Phi) is 5.09. The summed E-state index contributed by atoms with van der Waals surface area (Å²) in [6.45, 7) is 10.1. The summed E-state index contributed by atoms with van der Waals surface area (Å²) in [7, 11) is 0. The van der Waals surface area contributed by atoms with Gasteiger partial charge in [-0.25, -0.2) is 0 Å². The third-order valence-corrected chi connectivity index (χ3v) is 3.76. The maximum absolute atomic E-state index is 5.93. The average molecular weight is 291 g/mol. The zero-order valence-corrected chi connectivity index (χ0v) is 13.3. The molecule has 0 atom stereocenters. The lowest BCUT2D eigenvalue weighted by atomic mass is 10.0. The highest BCUT2D eigenvalue weighted by molar-refractivity contribution is 7.13. The van der Waals surface area contributed by atoms with Crippen molar-refractivity contribution >= 4 is 11.3 Å². The topological polar surface area (TPSA) is 47.0 Å². The average Bonchev–Trinajstić information content (AvgIpc) is 2.83. The molecule has 0 saturated heterocycles. The molecule has 0 amide bonds. The summed E-state index contributed by atoms with van der Waals surface area (Å²) in [5, 5.41) is 13.0. The van der Waals surface area contributed by atoms with Crippen molar-refractivity contribution in [2.45, 2.75) is 40.2 Å². The maximum Gasteiger partial charge on any atom is 0.299 e. The number of nitrogens with zero attached hydrogens (tertiary/aromatic N) is 2. The van der Waals surface area contributed by atoms with Gasteiger partial charge < -0.3 is 10.1 Å². The predicted molar refractivity (Wildman–Crippen MR) is 82.6 cm³/mol. The van der Waals surface area contributed by atoms with E-state index in [0.717, 1.165) is 23.8 Å². The molecule has 4 nitrogen and oxygen atoms in total. The van der Waals surface area contributed by atoms with Crippen molar-refractivity contribution in [1.82, 2.24) is 15.5 Å². The van der Waals surface area contributed by atoms with E-state index in [1.165, 1.54) is 22.5 Å². The van der Waals surface area contributed by atoms with E-state index in [9.17, 15) is 0 Å². The number of aromatic nitrogens is 2. The first-order chi connectivity index (χ1) is 9.60. The second-order valence-electron chi connectivity index (χ2n) is 5.04. The molecule has 108 valence electrons. The van der Waals surface area contributed by atoms with Gasteiger partial charge in [0, 0.05) is 6.54 Å². The molecule has 0 aliphatic carbocycles. The molecule has 1 N–H and O–H groups in total. The lowest BCUT2D eigenvalue weighted by Crippen LogP contribution is -2.11. The smallest absolute Gasteiger partial charge is 0.299 e. The molecule has 0 unspecified atom stereocenters. The number of hydrogen-bond donors (Lipinski definition) is 1. The lowest BCUT2D eigenvalue weighted by molar-refractivity contribution is 0.463. The van der Waals surface area contributed by atoms with Crippen LogP contribution in [0.15, 0.2) is 18.2 Å². The first kappa shape index (κ1) is 14.9. The van der Waals surface area contributed by atoms with Crippen molar-refractivity contribution < 1.29 is 4.74 Å². The van der Waals surface area contributed by atoms with Gasteiger partial charge in [-0.1, -0.05) is 49.3 Å². The van der Waals surface area contributed by atoms with Gasteiger partial charge in [0.1, 0.15) is 10.8 Å². The molecule has 1 heterocycles. The number of nitrogens with one attached hydrogen (secondary N) is 1. The second-order valence-corrected chi connectivity index (χ2v) is 6.06. The molecule has 5 heteroatoms. The Labute approximate surface area is 124 Å². The molecule has 0 bridgehead atoms. The first-order valence-electron chi connectivity index (χ1n) is 6.91. The minimum absolute atomic E-state index is 0.416. The van der Waals surface area contributed by atoms with E-state index in [4.69, 9.17) is 4.74 Å². The molecule has 0 aliphatic heterocycles. The summed E-state index contributed by atoms with van der Waals surface area (Å²) in [5.74, 6) is 1.30. The molecule has 2 aromatic rings. The summed E-state index contributed by atoms with van der Waals surface area (Å²) >= 11 is 1.49. The van der Waals surface area contributed by atoms with Crippen LogP contribution in [0.5, 0.6) is 10.9 Å². The van der Waals surface area contributed by atoms with E-state index < -0.39 is 0 Å². The molecule has 1 aromatic carbocycles. The highest BCUT2D eigenvalue weighted by Crippen LogP contribution is 2.32. The van der Waals surface area contributed by atoms with Crippen molar-refractivity contribution in [2.24, 2.45) is 0 Å². The van der Waals surface area contributed by atoms with Gasteiger partial charge in [-0.05, 0) is 36.6 Å². The van der Waals surface area contributed by atoms with Crippen molar-refractivity contribution in [3.63, 3.8) is 0 Å². The summed E-state index contributed by atoms with van der Waals surface area (Å²) in [4.78, 5) is 0. The third-order valence-electron chi connectivity index (χ3n) is 2.96. The number of benzene rings is 1. The molecule has 2 rings (SSSR count). The number of aryl methyl sites for hydroxylation is 1. The van der Waals surface area contributed by atoms with Gasteiger partial charge in [0.15, 0.2) is 0 Å². The van der Waals surface area contributed by atoms with E-state index >= 15 is 0 Å². The second kappa shape index (κ2) is 6.81. The fraction of sp³-hybridized carbons (Fsp3) is 0.467. The summed E-state index contributed by atoms with van der Waals surface area (Å²) in [5.41, 5.74) is 2.38. The van der Waals surface area contributed by atoms with Gasteiger partial charge in [0.25, 0.3) is 5.19 Å². The highest BCUT2D eigenvalue weighted by atomic mass is 32.1. The Bertz CT molecular complexity index is 566. The Balaban J connectivity index is 2.16. The Morgan fingerprint density at radius 1 is 1.30 bits per heavy atom. The molecule has 0 radical (unpaired) electrons. The van der Waals surface area contributed by atoms with Crippen molar-refractivity contribution in [3.8, 4) is 10.9 Å². The van der Waals surface area contributed by atoms with Gasteiger partial charge in [-0.2, -0.15) is 0 Å². The first-order valence-corrected chi connectivity index (χ1v) is 7.73. The summed E-state index contributed by atoms with van der Waals surface area (Å²) < 4.78 is 5.93. The summed E-state index contributed by atoms with van der Waals surface area (Å²) in [6.07, 6.45) is 0. The molecule has 0 aliphatic rings. The third kappa shape index (κ3) is 3.77. The summed E-state index contributed by atoms with van der Waals surface area (Å²) in [6, 6.07) is 6.29. The van der Waals surface area contributed by atoms with Crippen LogP contribution in [0.3, 0.4) is 0 Å². The SMILES string of the molecule is CCNCc1nnc(Oc2cc(C)ccc2C(C)C)s1. The highest BCUT2D eigenvalue weighted by Gasteiger charge is 2.12. The van der Waals surface area contributed by atoms with Gasteiger partial charge in [0.05, 0.1) is 0 Å². The molecule has 0 saturated carbocycles. The predicted octanol–water partition coefficient (Wildman–Crippen LogP) is 3.87. The van der Waals surface area contributed by atoms with Gasteiger partial charge >= 0.3 is 0 Å². The van der Waals surface area contributed by atoms with Crippen LogP contribution >= 0.6 is 11.3 Å². The van der Waals surface area contributed by atoms with E-state index in [0.29, 0.717) is 11.1 Å². The molecule has 20 heavy (non-hydrogen) atoms. The number of hydrogen-bond acceptors (Lipinski definition) is 5. The van der Waals surface area contributed by atoms with Crippen LogP contribution < -0.4 is 10.1 Å². The molecular formula is C15H21N3OS. The van der Waals surface area contributed by atoms with Gasteiger partial charge in [-0.3, -0.25) is 0 Å². The Hall–Kier alpha value is -1.46. The van der Waals surface area contributed by atoms with Crippen LogP contribution in [0.4, 0.5) is 0 Å². The molecular weight excluding hydrogens is 270 g/mol. The molecule has 0 fully saturated rings. The monoisotopic (exact) mass is 291 g/mol.